The van der Waals surface area contributed by atoms with Crippen LogP contribution in [-0.4, -0.2) is 11.8 Å². The third-order valence-corrected chi connectivity index (χ3v) is 5.72. The molecule has 2 amide bonds. The van der Waals surface area contributed by atoms with E-state index in [1.807, 2.05) is 6.07 Å². The van der Waals surface area contributed by atoms with E-state index in [-0.39, 0.29) is 12.0 Å². The Morgan fingerprint density at radius 3 is 2.74 bits per heavy atom. The number of carbonyl (C=O) groups is 2. The molecule has 1 aliphatic rings. The minimum Gasteiger partial charge on any atom is -0.273 e. The Kier molecular flexibility index (Phi) is 5.55. The zero-order chi connectivity index (χ0) is 19.6. The molecule has 1 aliphatic carbocycles. The van der Waals surface area contributed by atoms with E-state index in [9.17, 15) is 22.8 Å². The van der Waals surface area contributed by atoms with Crippen molar-refractivity contribution in [1.82, 2.24) is 10.9 Å². The molecule has 1 aromatic carbocycles. The lowest BCUT2D eigenvalue weighted by atomic mass is 9.90. The summed E-state index contributed by atoms with van der Waals surface area (Å²) in [5, 5.41) is 0. The molecule has 1 aromatic heterocycles. The Balaban J connectivity index is 1.56. The second-order valence-electron chi connectivity index (χ2n) is 6.78. The van der Waals surface area contributed by atoms with Crippen molar-refractivity contribution in [3.63, 3.8) is 0 Å². The van der Waals surface area contributed by atoms with E-state index in [0.29, 0.717) is 10.8 Å². The van der Waals surface area contributed by atoms with E-state index >= 15 is 0 Å². The summed E-state index contributed by atoms with van der Waals surface area (Å²) in [5.41, 5.74) is 5.19. The lowest BCUT2D eigenvalue weighted by Gasteiger charge is -2.16. The third-order valence-electron chi connectivity index (χ3n) is 4.49. The molecule has 0 saturated heterocycles. The summed E-state index contributed by atoms with van der Waals surface area (Å²) in [6.45, 7) is 2.17. The summed E-state index contributed by atoms with van der Waals surface area (Å²) in [6, 6.07) is 6.41. The molecule has 0 aliphatic heterocycles. The van der Waals surface area contributed by atoms with Crippen LogP contribution in [0.25, 0.3) is 0 Å². The van der Waals surface area contributed by atoms with Gasteiger partial charge in [-0.15, -0.1) is 11.3 Å². The Labute approximate surface area is 158 Å². The van der Waals surface area contributed by atoms with Crippen LogP contribution in [0.15, 0.2) is 30.3 Å². The average Bonchev–Trinajstić information content (AvgIpc) is 3.02. The number of alkyl halides is 3. The fraction of sp³-hybridized carbons (Fsp3) is 0.368. The van der Waals surface area contributed by atoms with Gasteiger partial charge < -0.3 is 0 Å². The SMILES string of the molecule is CC1CCc2sc(C(=O)NNC(=O)Cc3cccc(C(F)(F)F)c3)cc2C1. The highest BCUT2D eigenvalue weighted by Crippen LogP contribution is 2.32. The maximum absolute atomic E-state index is 12.7. The highest BCUT2D eigenvalue weighted by atomic mass is 32.1. The number of amides is 2. The number of aryl methyl sites for hydroxylation is 1. The van der Waals surface area contributed by atoms with Crippen LogP contribution in [0.3, 0.4) is 0 Å². The van der Waals surface area contributed by atoms with Crippen molar-refractivity contribution in [3.8, 4) is 0 Å². The number of nitrogens with one attached hydrogen (secondary N) is 2. The van der Waals surface area contributed by atoms with Crippen molar-refractivity contribution in [2.75, 3.05) is 0 Å². The first-order valence-corrected chi connectivity index (χ1v) is 9.41. The summed E-state index contributed by atoms with van der Waals surface area (Å²) in [6.07, 6.45) is -1.72. The van der Waals surface area contributed by atoms with Gasteiger partial charge in [-0.2, -0.15) is 13.2 Å². The summed E-state index contributed by atoms with van der Waals surface area (Å²) >= 11 is 1.42. The Morgan fingerprint density at radius 1 is 1.22 bits per heavy atom. The third kappa shape index (κ3) is 4.88. The van der Waals surface area contributed by atoms with Gasteiger partial charge in [0.15, 0.2) is 0 Å². The van der Waals surface area contributed by atoms with Crippen LogP contribution in [-0.2, 0) is 30.2 Å². The van der Waals surface area contributed by atoms with Crippen molar-refractivity contribution >= 4 is 23.2 Å². The van der Waals surface area contributed by atoms with E-state index in [1.165, 1.54) is 33.9 Å². The second kappa shape index (κ2) is 7.72. The van der Waals surface area contributed by atoms with Crippen LogP contribution >= 0.6 is 11.3 Å². The standard InChI is InChI=1S/C19H19F3N2O2S/c1-11-5-6-15-13(7-11)10-16(27-15)18(26)24-23-17(25)9-12-3-2-4-14(8-12)19(20,21)22/h2-4,8,10-11H,5-7,9H2,1H3,(H,23,25)(H,24,26). The van der Waals surface area contributed by atoms with Gasteiger partial charge in [0.25, 0.3) is 5.91 Å². The van der Waals surface area contributed by atoms with Gasteiger partial charge in [-0.25, -0.2) is 0 Å². The number of fused-ring (bicyclic) bond motifs is 1. The topological polar surface area (TPSA) is 58.2 Å². The molecule has 0 bridgehead atoms. The number of hydrogen-bond acceptors (Lipinski definition) is 3. The molecule has 0 saturated carbocycles. The fourth-order valence-corrected chi connectivity index (χ4v) is 4.20. The first-order chi connectivity index (χ1) is 12.7. The second-order valence-corrected chi connectivity index (χ2v) is 7.92. The number of hydrogen-bond donors (Lipinski definition) is 2. The van der Waals surface area contributed by atoms with Gasteiger partial charge in [0, 0.05) is 4.88 Å². The van der Waals surface area contributed by atoms with Crippen LogP contribution in [0.4, 0.5) is 13.2 Å². The summed E-state index contributed by atoms with van der Waals surface area (Å²) < 4.78 is 38.1. The van der Waals surface area contributed by atoms with Crippen molar-refractivity contribution in [3.05, 3.63) is 56.8 Å². The lowest BCUT2D eigenvalue weighted by molar-refractivity contribution is -0.137. The van der Waals surface area contributed by atoms with Gasteiger partial charge in [0.2, 0.25) is 5.91 Å². The van der Waals surface area contributed by atoms with Crippen LogP contribution in [0, 0.1) is 5.92 Å². The van der Waals surface area contributed by atoms with Crippen LogP contribution in [0.1, 0.15) is 44.6 Å². The van der Waals surface area contributed by atoms with Gasteiger partial charge >= 0.3 is 6.18 Å². The summed E-state index contributed by atoms with van der Waals surface area (Å²) in [4.78, 5) is 25.9. The predicted octanol–water partition coefficient (Wildman–Crippen LogP) is 3.90. The maximum Gasteiger partial charge on any atom is 0.416 e. The fourth-order valence-electron chi connectivity index (χ4n) is 3.09. The summed E-state index contributed by atoms with van der Waals surface area (Å²) in [5.74, 6) is -0.410. The van der Waals surface area contributed by atoms with Gasteiger partial charge in [-0.3, -0.25) is 20.4 Å². The van der Waals surface area contributed by atoms with E-state index in [1.54, 1.807) is 0 Å². The first-order valence-electron chi connectivity index (χ1n) is 8.59. The molecule has 4 nitrogen and oxygen atoms in total. The quantitative estimate of drug-likeness (QED) is 0.774. The molecular weight excluding hydrogens is 377 g/mol. The van der Waals surface area contributed by atoms with E-state index in [4.69, 9.17) is 0 Å². The molecule has 1 heterocycles. The molecule has 144 valence electrons. The number of hydrazine groups is 1. The molecule has 0 spiro atoms. The van der Waals surface area contributed by atoms with E-state index < -0.39 is 23.6 Å². The number of benzene rings is 1. The minimum atomic E-state index is -4.46. The molecule has 3 rings (SSSR count). The zero-order valence-electron chi connectivity index (χ0n) is 14.7. The molecular formula is C19H19F3N2O2S. The average molecular weight is 396 g/mol. The maximum atomic E-state index is 12.7. The van der Waals surface area contributed by atoms with Crippen LogP contribution < -0.4 is 10.9 Å². The van der Waals surface area contributed by atoms with Crippen LogP contribution in [0.2, 0.25) is 0 Å². The number of halogens is 3. The normalized spacial score (nSPS) is 16.5. The molecule has 2 N–H and O–H groups in total. The molecule has 27 heavy (non-hydrogen) atoms. The predicted molar refractivity (Wildman–Crippen MR) is 96.3 cm³/mol. The van der Waals surface area contributed by atoms with Crippen molar-refractivity contribution in [2.24, 2.45) is 5.92 Å². The van der Waals surface area contributed by atoms with Crippen LogP contribution in [0.5, 0.6) is 0 Å². The van der Waals surface area contributed by atoms with Gasteiger partial charge in [0.1, 0.15) is 0 Å². The Hall–Kier alpha value is -2.35. The molecule has 2 aromatic rings. The molecule has 8 heteroatoms. The largest absolute Gasteiger partial charge is 0.416 e. The number of rotatable bonds is 3. The lowest BCUT2D eigenvalue weighted by Crippen LogP contribution is -2.42. The Bertz CT molecular complexity index is 861. The van der Waals surface area contributed by atoms with Crippen molar-refractivity contribution in [2.45, 2.75) is 38.8 Å². The first kappa shape index (κ1) is 19.4. The van der Waals surface area contributed by atoms with Crippen molar-refractivity contribution in [1.29, 1.82) is 0 Å². The highest BCUT2D eigenvalue weighted by molar-refractivity contribution is 7.14. The van der Waals surface area contributed by atoms with Gasteiger partial charge in [-0.1, -0.05) is 25.1 Å². The minimum absolute atomic E-state index is 0.220. The number of carbonyl (C=O) groups excluding carboxylic acids is 2. The molecule has 1 atom stereocenters. The zero-order valence-corrected chi connectivity index (χ0v) is 15.5. The van der Waals surface area contributed by atoms with Gasteiger partial charge in [-0.05, 0) is 48.4 Å². The Morgan fingerprint density at radius 2 is 2.00 bits per heavy atom. The van der Waals surface area contributed by atoms with E-state index in [0.717, 1.165) is 31.4 Å². The molecule has 1 unspecified atom stereocenters. The number of thiophene rings is 1. The monoisotopic (exact) mass is 396 g/mol. The van der Waals surface area contributed by atoms with Crippen molar-refractivity contribution < 1.29 is 22.8 Å². The molecule has 0 radical (unpaired) electrons. The summed E-state index contributed by atoms with van der Waals surface area (Å²) in [7, 11) is 0. The van der Waals surface area contributed by atoms with E-state index in [2.05, 4.69) is 17.8 Å². The molecule has 0 fully saturated rings. The van der Waals surface area contributed by atoms with Gasteiger partial charge in [0.05, 0.1) is 16.9 Å². The highest BCUT2D eigenvalue weighted by Gasteiger charge is 2.30. The smallest absolute Gasteiger partial charge is 0.273 e.